The van der Waals surface area contributed by atoms with Crippen LogP contribution >= 0.6 is 0 Å². The summed E-state index contributed by atoms with van der Waals surface area (Å²) in [7, 11) is -2.02. The van der Waals surface area contributed by atoms with Crippen LogP contribution in [0.1, 0.15) is 30.5 Å². The fourth-order valence-corrected chi connectivity index (χ4v) is 4.24. The first-order chi connectivity index (χ1) is 11.4. The van der Waals surface area contributed by atoms with Gasteiger partial charge in [0.1, 0.15) is 0 Å². The Morgan fingerprint density at radius 3 is 2.50 bits per heavy atom. The van der Waals surface area contributed by atoms with Crippen LogP contribution in [0, 0.1) is 0 Å². The van der Waals surface area contributed by atoms with Crippen molar-refractivity contribution < 1.29 is 13.2 Å². The zero-order valence-electron chi connectivity index (χ0n) is 13.7. The van der Waals surface area contributed by atoms with E-state index < -0.39 is 10.0 Å². The van der Waals surface area contributed by atoms with E-state index in [1.807, 2.05) is 37.3 Å². The van der Waals surface area contributed by atoms with Gasteiger partial charge in [0.15, 0.2) is 0 Å². The van der Waals surface area contributed by atoms with Crippen LogP contribution < -0.4 is 5.32 Å². The summed E-state index contributed by atoms with van der Waals surface area (Å²) in [6, 6.07) is 14.1. The number of carbonyl (C=O) groups is 1. The molecule has 1 aliphatic heterocycles. The Morgan fingerprint density at radius 2 is 1.79 bits per heavy atom. The second kappa shape index (κ2) is 6.37. The summed E-state index contributed by atoms with van der Waals surface area (Å²) < 4.78 is 27.3. The summed E-state index contributed by atoms with van der Waals surface area (Å²) in [5.41, 5.74) is 2.49. The molecule has 0 aromatic heterocycles. The maximum Gasteiger partial charge on any atom is 0.243 e. The van der Waals surface area contributed by atoms with E-state index in [1.165, 1.54) is 4.31 Å². The molecule has 2 aromatic rings. The maximum atomic E-state index is 12.9. The smallest absolute Gasteiger partial charge is 0.243 e. The zero-order chi connectivity index (χ0) is 17.3. The summed E-state index contributed by atoms with van der Waals surface area (Å²) in [6.45, 7) is 1.87. The van der Waals surface area contributed by atoms with Gasteiger partial charge < -0.3 is 5.32 Å². The van der Waals surface area contributed by atoms with Gasteiger partial charge in [0.05, 0.1) is 4.90 Å². The Kier molecular flexibility index (Phi) is 4.43. The predicted octanol–water partition coefficient (Wildman–Crippen LogP) is 2.95. The van der Waals surface area contributed by atoms with Crippen molar-refractivity contribution >= 4 is 21.6 Å². The number of aryl methyl sites for hydroxylation is 1. The lowest BCUT2D eigenvalue weighted by atomic mass is 10.0. The molecule has 0 radical (unpaired) electrons. The Bertz CT molecular complexity index is 863. The Balaban J connectivity index is 1.91. The van der Waals surface area contributed by atoms with Crippen LogP contribution in [0.25, 0.3) is 0 Å². The molecular formula is C18H20N2O3S. The van der Waals surface area contributed by atoms with Crippen LogP contribution in [0.15, 0.2) is 53.4 Å². The third-order valence-electron chi connectivity index (χ3n) is 4.48. The summed E-state index contributed by atoms with van der Waals surface area (Å²) in [5, 5.41) is 2.77. The van der Waals surface area contributed by atoms with Crippen molar-refractivity contribution in [2.45, 2.75) is 30.7 Å². The quantitative estimate of drug-likeness (QED) is 0.927. The van der Waals surface area contributed by atoms with Crippen LogP contribution in [-0.2, 0) is 21.2 Å². The molecule has 0 spiro atoms. The molecule has 0 bridgehead atoms. The van der Waals surface area contributed by atoms with Crippen LogP contribution in [0.3, 0.4) is 0 Å². The molecule has 1 amide bonds. The van der Waals surface area contributed by atoms with Gasteiger partial charge in [-0.05, 0) is 42.7 Å². The summed E-state index contributed by atoms with van der Waals surface area (Å²) in [4.78, 5) is 11.7. The van der Waals surface area contributed by atoms with E-state index in [2.05, 4.69) is 5.32 Å². The summed E-state index contributed by atoms with van der Waals surface area (Å²) in [6.07, 6.45) is 0.940. The number of rotatable bonds is 4. The molecule has 0 saturated carbocycles. The SMILES string of the molecule is C[C@H](c1ccccc1)N(C)S(=O)(=O)c1ccc2c(c1)CCC(=O)N2. The predicted molar refractivity (Wildman–Crippen MR) is 93.2 cm³/mol. The fourth-order valence-electron chi connectivity index (χ4n) is 2.84. The molecule has 3 rings (SSSR count). The Labute approximate surface area is 142 Å². The Morgan fingerprint density at radius 1 is 1.08 bits per heavy atom. The molecular weight excluding hydrogens is 324 g/mol. The normalized spacial score (nSPS) is 15.7. The van der Waals surface area contributed by atoms with Crippen LogP contribution in [0.5, 0.6) is 0 Å². The van der Waals surface area contributed by atoms with Crippen LogP contribution in [-0.4, -0.2) is 25.7 Å². The highest BCUT2D eigenvalue weighted by Gasteiger charge is 2.27. The highest BCUT2D eigenvalue weighted by molar-refractivity contribution is 7.89. The minimum atomic E-state index is -3.61. The highest BCUT2D eigenvalue weighted by atomic mass is 32.2. The summed E-state index contributed by atoms with van der Waals surface area (Å²) in [5.74, 6) is -0.0343. The van der Waals surface area contributed by atoms with Gasteiger partial charge in [-0.1, -0.05) is 30.3 Å². The first-order valence-electron chi connectivity index (χ1n) is 7.85. The largest absolute Gasteiger partial charge is 0.326 e. The number of hydrogen-bond donors (Lipinski definition) is 1. The van der Waals surface area contributed by atoms with E-state index >= 15 is 0 Å². The van der Waals surface area contributed by atoms with E-state index in [4.69, 9.17) is 0 Å². The minimum Gasteiger partial charge on any atom is -0.326 e. The van der Waals surface area contributed by atoms with Gasteiger partial charge >= 0.3 is 0 Å². The summed E-state index contributed by atoms with van der Waals surface area (Å²) >= 11 is 0. The molecule has 0 saturated heterocycles. The monoisotopic (exact) mass is 344 g/mol. The number of nitrogens with zero attached hydrogens (tertiary/aromatic N) is 1. The van der Waals surface area contributed by atoms with Gasteiger partial charge in [0, 0.05) is 25.2 Å². The maximum absolute atomic E-state index is 12.9. The van der Waals surface area contributed by atoms with Gasteiger partial charge in [0.2, 0.25) is 15.9 Å². The zero-order valence-corrected chi connectivity index (χ0v) is 14.5. The van der Waals surface area contributed by atoms with Crippen molar-refractivity contribution in [1.29, 1.82) is 0 Å². The molecule has 24 heavy (non-hydrogen) atoms. The number of nitrogens with one attached hydrogen (secondary N) is 1. The average Bonchev–Trinajstić information content (AvgIpc) is 2.60. The number of hydrogen-bond acceptors (Lipinski definition) is 3. The second-order valence-electron chi connectivity index (χ2n) is 5.98. The molecule has 5 nitrogen and oxygen atoms in total. The van der Waals surface area contributed by atoms with Gasteiger partial charge in [-0.2, -0.15) is 4.31 Å². The topological polar surface area (TPSA) is 66.5 Å². The lowest BCUT2D eigenvalue weighted by molar-refractivity contribution is -0.116. The minimum absolute atomic E-state index is 0.0343. The standard InChI is InChI=1S/C18H20N2O3S/c1-13(14-6-4-3-5-7-14)20(2)24(22,23)16-9-10-17-15(12-16)8-11-18(21)19-17/h3-7,9-10,12-13H,8,11H2,1-2H3,(H,19,21)/t13-/m1/s1. The van der Waals surface area contributed by atoms with Crippen molar-refractivity contribution in [2.75, 3.05) is 12.4 Å². The van der Waals surface area contributed by atoms with E-state index in [0.717, 1.165) is 11.1 Å². The van der Waals surface area contributed by atoms with Gasteiger partial charge in [0.25, 0.3) is 0 Å². The third kappa shape index (κ3) is 3.07. The Hall–Kier alpha value is -2.18. The van der Waals surface area contributed by atoms with Gasteiger partial charge in [-0.3, -0.25) is 4.79 Å². The van der Waals surface area contributed by atoms with E-state index in [-0.39, 0.29) is 16.8 Å². The number of sulfonamides is 1. The highest BCUT2D eigenvalue weighted by Crippen LogP contribution is 2.29. The molecule has 6 heteroatoms. The molecule has 126 valence electrons. The lowest BCUT2D eigenvalue weighted by Crippen LogP contribution is -2.30. The number of fused-ring (bicyclic) bond motifs is 1. The number of anilines is 1. The van der Waals surface area contributed by atoms with Crippen LogP contribution in [0.2, 0.25) is 0 Å². The molecule has 1 N–H and O–H groups in total. The molecule has 0 fully saturated rings. The van der Waals surface area contributed by atoms with E-state index in [1.54, 1.807) is 25.2 Å². The molecule has 1 aliphatic rings. The molecule has 1 atom stereocenters. The van der Waals surface area contributed by atoms with Crippen molar-refractivity contribution in [3.05, 3.63) is 59.7 Å². The van der Waals surface area contributed by atoms with E-state index in [0.29, 0.717) is 18.5 Å². The molecule has 2 aromatic carbocycles. The first kappa shape index (κ1) is 16.7. The lowest BCUT2D eigenvalue weighted by Gasteiger charge is -2.25. The van der Waals surface area contributed by atoms with Crippen molar-refractivity contribution in [3.63, 3.8) is 0 Å². The van der Waals surface area contributed by atoms with Crippen LogP contribution in [0.4, 0.5) is 5.69 Å². The van der Waals surface area contributed by atoms with E-state index in [9.17, 15) is 13.2 Å². The fraction of sp³-hybridized carbons (Fsp3) is 0.278. The average molecular weight is 344 g/mol. The number of carbonyl (C=O) groups excluding carboxylic acids is 1. The molecule has 0 aliphatic carbocycles. The number of amides is 1. The van der Waals surface area contributed by atoms with Crippen molar-refractivity contribution in [3.8, 4) is 0 Å². The van der Waals surface area contributed by atoms with Gasteiger partial charge in [-0.15, -0.1) is 0 Å². The third-order valence-corrected chi connectivity index (χ3v) is 6.40. The van der Waals surface area contributed by atoms with Gasteiger partial charge in [-0.25, -0.2) is 8.42 Å². The molecule has 1 heterocycles. The van der Waals surface area contributed by atoms with Crippen molar-refractivity contribution in [1.82, 2.24) is 4.31 Å². The van der Waals surface area contributed by atoms with Crippen molar-refractivity contribution in [2.24, 2.45) is 0 Å². The number of benzene rings is 2. The second-order valence-corrected chi connectivity index (χ2v) is 7.97. The molecule has 0 unspecified atom stereocenters. The first-order valence-corrected chi connectivity index (χ1v) is 9.29.